The van der Waals surface area contributed by atoms with Gasteiger partial charge in [-0.15, -0.1) is 5.10 Å². The Hall–Kier alpha value is -3.55. The third kappa shape index (κ3) is 3.59. The molecule has 1 atom stereocenters. The average molecular weight is 348 g/mol. The number of nitrogens with zero attached hydrogens (tertiary/aromatic N) is 6. The zero-order valence-electron chi connectivity index (χ0n) is 14.1. The molecule has 0 fully saturated rings. The first-order chi connectivity index (χ1) is 12.8. The minimum Gasteiger partial charge on any atom is -0.481 e. The third-order valence-electron chi connectivity index (χ3n) is 3.80. The summed E-state index contributed by atoms with van der Waals surface area (Å²) >= 11 is 0. The van der Waals surface area contributed by atoms with Gasteiger partial charge in [-0.1, -0.05) is 35.5 Å². The number of hydrogen-bond acceptors (Lipinski definition) is 7. The smallest absolute Gasteiger partial charge is 0.267 e. The highest BCUT2D eigenvalue weighted by molar-refractivity contribution is 5.36. The molecule has 8 heteroatoms. The van der Waals surface area contributed by atoms with E-state index in [1.807, 2.05) is 61.5 Å². The summed E-state index contributed by atoms with van der Waals surface area (Å²) in [5.41, 5.74) is 1.98. The molecule has 0 spiro atoms. The number of tetrazole rings is 1. The second kappa shape index (κ2) is 7.14. The van der Waals surface area contributed by atoms with Gasteiger partial charge in [-0.05, 0) is 47.2 Å². The molecule has 2 aromatic carbocycles. The molecule has 0 bridgehead atoms. The lowest BCUT2D eigenvalue weighted by Crippen LogP contribution is -2.04. The van der Waals surface area contributed by atoms with Crippen molar-refractivity contribution >= 4 is 0 Å². The summed E-state index contributed by atoms with van der Waals surface area (Å²) in [6.45, 7) is 1.87. The van der Waals surface area contributed by atoms with E-state index >= 15 is 0 Å². The topological polar surface area (TPSA) is 91.8 Å². The molecule has 0 aliphatic carbocycles. The van der Waals surface area contributed by atoms with Crippen LogP contribution in [0, 0.1) is 0 Å². The summed E-state index contributed by atoms with van der Waals surface area (Å²) < 4.78 is 12.8. The van der Waals surface area contributed by atoms with Crippen molar-refractivity contribution in [3.63, 3.8) is 0 Å². The monoisotopic (exact) mass is 348 g/mol. The van der Waals surface area contributed by atoms with Crippen molar-refractivity contribution in [1.82, 2.24) is 30.3 Å². The fraction of sp³-hybridized carbons (Fsp3) is 0.167. The molecule has 0 radical (unpaired) electrons. The Balaban J connectivity index is 1.41. The van der Waals surface area contributed by atoms with E-state index in [4.69, 9.17) is 9.26 Å². The van der Waals surface area contributed by atoms with E-state index in [1.165, 1.54) is 6.33 Å². The van der Waals surface area contributed by atoms with Crippen LogP contribution in [-0.4, -0.2) is 30.3 Å². The quantitative estimate of drug-likeness (QED) is 0.529. The normalized spacial score (nSPS) is 12.0. The van der Waals surface area contributed by atoms with Gasteiger partial charge in [-0.2, -0.15) is 4.98 Å². The van der Waals surface area contributed by atoms with E-state index in [9.17, 15) is 0 Å². The van der Waals surface area contributed by atoms with Crippen LogP contribution < -0.4 is 4.74 Å². The average Bonchev–Trinajstić information content (AvgIpc) is 3.35. The standard InChI is InChI=1S/C18H16N6O2/c1-13(18-20-17(21-26-18)11-14-5-3-2-4-6-14)25-16-9-7-15(8-10-16)24-12-19-22-23-24/h2-10,12-13H,11H2,1H3. The van der Waals surface area contributed by atoms with Gasteiger partial charge in [0, 0.05) is 6.42 Å². The van der Waals surface area contributed by atoms with Gasteiger partial charge >= 0.3 is 0 Å². The van der Waals surface area contributed by atoms with Crippen molar-refractivity contribution in [3.05, 3.63) is 78.2 Å². The minimum atomic E-state index is -0.356. The Morgan fingerprint density at radius 3 is 2.62 bits per heavy atom. The lowest BCUT2D eigenvalue weighted by Gasteiger charge is -2.11. The van der Waals surface area contributed by atoms with Crippen molar-refractivity contribution in [2.24, 2.45) is 0 Å². The van der Waals surface area contributed by atoms with Crippen molar-refractivity contribution in [2.75, 3.05) is 0 Å². The summed E-state index contributed by atoms with van der Waals surface area (Å²) in [7, 11) is 0. The fourth-order valence-corrected chi connectivity index (χ4v) is 2.49. The van der Waals surface area contributed by atoms with Gasteiger partial charge in [-0.3, -0.25) is 0 Å². The van der Waals surface area contributed by atoms with Gasteiger partial charge in [0.1, 0.15) is 12.1 Å². The molecule has 0 N–H and O–H groups in total. The zero-order valence-corrected chi connectivity index (χ0v) is 14.1. The maximum Gasteiger partial charge on any atom is 0.267 e. The van der Waals surface area contributed by atoms with Crippen LogP contribution in [0.2, 0.25) is 0 Å². The number of aromatic nitrogens is 6. The van der Waals surface area contributed by atoms with Crippen molar-refractivity contribution in [1.29, 1.82) is 0 Å². The molecule has 0 saturated heterocycles. The van der Waals surface area contributed by atoms with Gasteiger partial charge in [-0.25, -0.2) is 4.68 Å². The molecule has 1 unspecified atom stereocenters. The van der Waals surface area contributed by atoms with Gasteiger partial charge in [0.05, 0.1) is 5.69 Å². The molecule has 2 aromatic heterocycles. The molecule has 0 aliphatic rings. The predicted molar refractivity (Wildman–Crippen MR) is 91.7 cm³/mol. The summed E-state index contributed by atoms with van der Waals surface area (Å²) in [5, 5.41) is 15.1. The van der Waals surface area contributed by atoms with E-state index in [0.717, 1.165) is 11.3 Å². The van der Waals surface area contributed by atoms with Crippen LogP contribution in [0.5, 0.6) is 5.75 Å². The van der Waals surface area contributed by atoms with E-state index in [2.05, 4.69) is 25.7 Å². The first-order valence-corrected chi connectivity index (χ1v) is 8.14. The molecule has 0 saturated carbocycles. The highest BCUT2D eigenvalue weighted by atomic mass is 16.5. The van der Waals surface area contributed by atoms with E-state index in [0.29, 0.717) is 23.9 Å². The van der Waals surface area contributed by atoms with Gasteiger partial charge < -0.3 is 9.26 Å². The first kappa shape index (κ1) is 15.9. The van der Waals surface area contributed by atoms with Crippen molar-refractivity contribution in [2.45, 2.75) is 19.4 Å². The number of ether oxygens (including phenoxy) is 1. The van der Waals surface area contributed by atoms with Crippen LogP contribution in [0.1, 0.15) is 30.3 Å². The Labute approximate surface area is 149 Å². The maximum absolute atomic E-state index is 5.88. The highest BCUT2D eigenvalue weighted by Gasteiger charge is 2.16. The molecular weight excluding hydrogens is 332 g/mol. The van der Waals surface area contributed by atoms with Crippen LogP contribution >= 0.6 is 0 Å². The highest BCUT2D eigenvalue weighted by Crippen LogP contribution is 2.22. The predicted octanol–water partition coefficient (Wildman–Crippen LogP) is 2.78. The lowest BCUT2D eigenvalue weighted by molar-refractivity contribution is 0.175. The summed E-state index contributed by atoms with van der Waals surface area (Å²) in [6, 6.07) is 17.4. The minimum absolute atomic E-state index is 0.356. The second-order valence-electron chi connectivity index (χ2n) is 5.72. The lowest BCUT2D eigenvalue weighted by atomic mass is 10.1. The first-order valence-electron chi connectivity index (χ1n) is 8.14. The van der Waals surface area contributed by atoms with Gasteiger partial charge in [0.25, 0.3) is 5.89 Å². The Morgan fingerprint density at radius 1 is 1.08 bits per heavy atom. The molecule has 4 rings (SSSR count). The van der Waals surface area contributed by atoms with Crippen LogP contribution in [0.25, 0.3) is 5.69 Å². The summed E-state index contributed by atoms with van der Waals surface area (Å²) in [6.07, 6.45) is 1.80. The Bertz CT molecular complexity index is 951. The third-order valence-corrected chi connectivity index (χ3v) is 3.80. The van der Waals surface area contributed by atoms with Crippen LogP contribution in [0.3, 0.4) is 0 Å². The van der Waals surface area contributed by atoms with Crippen LogP contribution in [-0.2, 0) is 6.42 Å². The van der Waals surface area contributed by atoms with Crippen molar-refractivity contribution in [3.8, 4) is 11.4 Å². The molecule has 26 heavy (non-hydrogen) atoms. The summed E-state index contributed by atoms with van der Waals surface area (Å²) in [4.78, 5) is 4.43. The largest absolute Gasteiger partial charge is 0.481 e. The fourth-order valence-electron chi connectivity index (χ4n) is 2.49. The second-order valence-corrected chi connectivity index (χ2v) is 5.72. The molecule has 2 heterocycles. The SMILES string of the molecule is CC(Oc1ccc(-n2cnnn2)cc1)c1nc(Cc2ccccc2)no1. The van der Waals surface area contributed by atoms with Gasteiger partial charge in [0.2, 0.25) is 0 Å². The van der Waals surface area contributed by atoms with Gasteiger partial charge in [0.15, 0.2) is 11.9 Å². The molecule has 0 amide bonds. The number of benzene rings is 2. The Kier molecular flexibility index (Phi) is 4.38. The number of hydrogen-bond donors (Lipinski definition) is 0. The van der Waals surface area contributed by atoms with E-state index in [-0.39, 0.29) is 6.10 Å². The van der Waals surface area contributed by atoms with Crippen molar-refractivity contribution < 1.29 is 9.26 Å². The number of rotatable bonds is 6. The maximum atomic E-state index is 5.88. The van der Waals surface area contributed by atoms with E-state index in [1.54, 1.807) is 4.68 Å². The molecular formula is C18H16N6O2. The Morgan fingerprint density at radius 2 is 1.88 bits per heavy atom. The zero-order chi connectivity index (χ0) is 17.8. The molecule has 4 aromatic rings. The van der Waals surface area contributed by atoms with Crippen LogP contribution in [0.4, 0.5) is 0 Å². The molecule has 130 valence electrons. The molecule has 0 aliphatic heterocycles. The van der Waals surface area contributed by atoms with E-state index < -0.39 is 0 Å². The summed E-state index contributed by atoms with van der Waals surface area (Å²) in [5.74, 6) is 1.77. The molecule has 8 nitrogen and oxygen atoms in total. The van der Waals surface area contributed by atoms with Crippen LogP contribution in [0.15, 0.2) is 65.4 Å².